The second-order valence-corrected chi connectivity index (χ2v) is 8.41. The maximum Gasteiger partial charge on any atom is 0.238 e. The van der Waals surface area contributed by atoms with Gasteiger partial charge in [0.1, 0.15) is 5.75 Å². The Morgan fingerprint density at radius 3 is 2.75 bits per heavy atom. The number of hydrogen-bond donors (Lipinski definition) is 2. The van der Waals surface area contributed by atoms with E-state index in [1.165, 1.54) is 23.9 Å². The lowest BCUT2D eigenvalue weighted by atomic mass is 10.3. The van der Waals surface area contributed by atoms with Gasteiger partial charge in [-0.2, -0.15) is 0 Å². The molecule has 3 aromatic rings. The summed E-state index contributed by atoms with van der Waals surface area (Å²) < 4.78 is 30.2. The Morgan fingerprint density at radius 2 is 2.07 bits per heavy atom. The molecule has 0 saturated heterocycles. The molecule has 148 valence electrons. The second-order valence-electron chi connectivity index (χ2n) is 5.90. The quantitative estimate of drug-likeness (QED) is 0.567. The van der Waals surface area contributed by atoms with Crippen LogP contribution in [-0.2, 0) is 21.4 Å². The monoisotopic (exact) mass is 420 g/mol. The molecule has 2 aromatic carbocycles. The largest absolute Gasteiger partial charge is 0.497 e. The van der Waals surface area contributed by atoms with Crippen molar-refractivity contribution in [1.29, 1.82) is 0 Å². The van der Waals surface area contributed by atoms with Crippen molar-refractivity contribution in [1.82, 2.24) is 9.55 Å². The molecule has 0 radical (unpaired) electrons. The Morgan fingerprint density at radius 1 is 1.29 bits per heavy atom. The number of nitrogens with two attached hydrogens (primary N) is 1. The zero-order valence-corrected chi connectivity index (χ0v) is 17.0. The number of rotatable bonds is 7. The number of nitrogens with zero attached hydrogens (tertiary/aromatic N) is 2. The first kappa shape index (κ1) is 20.2. The number of hydrogen-bond acceptors (Lipinski definition) is 6. The van der Waals surface area contributed by atoms with Crippen LogP contribution in [0.3, 0.4) is 0 Å². The van der Waals surface area contributed by atoms with Crippen LogP contribution in [0.1, 0.15) is 6.92 Å². The minimum atomic E-state index is -3.80. The molecule has 0 aliphatic heterocycles. The summed E-state index contributed by atoms with van der Waals surface area (Å²) in [6.45, 7) is 2.58. The summed E-state index contributed by atoms with van der Waals surface area (Å²) in [4.78, 5) is 16.8. The van der Waals surface area contributed by atoms with Crippen LogP contribution in [0.5, 0.6) is 5.75 Å². The van der Waals surface area contributed by atoms with Crippen LogP contribution in [0.15, 0.2) is 52.5 Å². The van der Waals surface area contributed by atoms with Gasteiger partial charge < -0.3 is 14.6 Å². The molecule has 0 fully saturated rings. The smallest absolute Gasteiger partial charge is 0.238 e. The molecule has 0 spiro atoms. The lowest BCUT2D eigenvalue weighted by Crippen LogP contribution is -2.14. The summed E-state index contributed by atoms with van der Waals surface area (Å²) in [5, 5.41) is 8.63. The number of benzene rings is 2. The van der Waals surface area contributed by atoms with Gasteiger partial charge in [0.05, 0.1) is 28.8 Å². The van der Waals surface area contributed by atoms with E-state index in [2.05, 4.69) is 10.3 Å². The van der Waals surface area contributed by atoms with Gasteiger partial charge in [0.25, 0.3) is 0 Å². The Labute approximate surface area is 167 Å². The van der Waals surface area contributed by atoms with Gasteiger partial charge in [-0.3, -0.25) is 4.79 Å². The van der Waals surface area contributed by atoms with Crippen LogP contribution in [0.25, 0.3) is 11.0 Å². The minimum absolute atomic E-state index is 0.00747. The van der Waals surface area contributed by atoms with Crippen molar-refractivity contribution in [3.8, 4) is 5.75 Å². The number of nitrogens with one attached hydrogen (secondary N) is 1. The molecule has 0 aliphatic carbocycles. The molecule has 8 nitrogen and oxygen atoms in total. The van der Waals surface area contributed by atoms with Crippen LogP contribution < -0.4 is 15.2 Å². The molecule has 0 atom stereocenters. The van der Waals surface area contributed by atoms with E-state index in [0.717, 1.165) is 5.52 Å². The van der Waals surface area contributed by atoms with Crippen molar-refractivity contribution >= 4 is 44.4 Å². The van der Waals surface area contributed by atoms with Crippen molar-refractivity contribution in [2.75, 3.05) is 18.2 Å². The predicted octanol–water partition coefficient (Wildman–Crippen LogP) is 2.44. The number of primary sulfonamides is 1. The number of amides is 1. The van der Waals surface area contributed by atoms with Gasteiger partial charge in [0.2, 0.25) is 15.9 Å². The fraction of sp³-hybridized carbons (Fsp3) is 0.222. The first-order valence-corrected chi connectivity index (χ1v) is 10.9. The molecular formula is C18H20N4O4S2. The molecule has 3 N–H and O–H groups in total. The summed E-state index contributed by atoms with van der Waals surface area (Å²) in [5.74, 6) is 0.629. The average molecular weight is 421 g/mol. The highest BCUT2D eigenvalue weighted by Gasteiger charge is 2.15. The average Bonchev–Trinajstić information content (AvgIpc) is 3.02. The third-order valence-corrected chi connectivity index (χ3v) is 5.90. The first-order valence-electron chi connectivity index (χ1n) is 8.41. The molecule has 10 heteroatoms. The topological polar surface area (TPSA) is 116 Å². The number of aromatic nitrogens is 2. The lowest BCUT2D eigenvalue weighted by Gasteiger charge is -2.08. The third kappa shape index (κ3) is 4.46. The van der Waals surface area contributed by atoms with Crippen molar-refractivity contribution in [3.63, 3.8) is 0 Å². The van der Waals surface area contributed by atoms with E-state index in [-0.39, 0.29) is 16.6 Å². The zero-order valence-electron chi connectivity index (χ0n) is 15.4. The molecule has 1 heterocycles. The molecule has 0 saturated carbocycles. The highest BCUT2D eigenvalue weighted by atomic mass is 32.2. The predicted molar refractivity (Wildman–Crippen MR) is 109 cm³/mol. The number of thioether (sulfide) groups is 1. The maximum absolute atomic E-state index is 12.3. The van der Waals surface area contributed by atoms with Crippen molar-refractivity contribution in [3.05, 3.63) is 42.5 Å². The number of sulfonamides is 1. The van der Waals surface area contributed by atoms with Gasteiger partial charge in [-0.05, 0) is 37.3 Å². The van der Waals surface area contributed by atoms with Crippen LogP contribution in [-0.4, -0.2) is 36.7 Å². The van der Waals surface area contributed by atoms with E-state index < -0.39 is 10.0 Å². The molecule has 3 rings (SSSR count). The van der Waals surface area contributed by atoms with E-state index in [9.17, 15) is 13.2 Å². The third-order valence-electron chi connectivity index (χ3n) is 4.02. The normalized spacial score (nSPS) is 11.5. The SMILES string of the molecule is CCn1c(SCC(=O)Nc2cccc(OC)c2)nc2cc(S(N)(=O)=O)ccc21. The van der Waals surface area contributed by atoms with Crippen LogP contribution in [0.2, 0.25) is 0 Å². The number of ether oxygens (including phenoxy) is 1. The molecule has 1 aromatic heterocycles. The van der Waals surface area contributed by atoms with Crippen molar-refractivity contribution in [2.45, 2.75) is 23.5 Å². The summed E-state index contributed by atoms with van der Waals surface area (Å²) in [7, 11) is -2.24. The maximum atomic E-state index is 12.3. The minimum Gasteiger partial charge on any atom is -0.497 e. The zero-order chi connectivity index (χ0) is 20.3. The van der Waals surface area contributed by atoms with Crippen LogP contribution in [0, 0.1) is 0 Å². The fourth-order valence-corrected chi connectivity index (χ4v) is 4.12. The van der Waals surface area contributed by atoms with Gasteiger partial charge in [-0.15, -0.1) is 0 Å². The molecule has 0 unspecified atom stereocenters. The molecule has 0 bridgehead atoms. The molecule has 28 heavy (non-hydrogen) atoms. The summed E-state index contributed by atoms with van der Waals surface area (Å²) in [6.07, 6.45) is 0. The van der Waals surface area contributed by atoms with Crippen molar-refractivity contribution in [2.24, 2.45) is 5.14 Å². The van der Waals surface area contributed by atoms with Crippen LogP contribution >= 0.6 is 11.8 Å². The number of carbonyl (C=O) groups is 1. The Balaban J connectivity index is 1.76. The lowest BCUT2D eigenvalue weighted by molar-refractivity contribution is -0.113. The van der Waals surface area contributed by atoms with Gasteiger partial charge in [-0.25, -0.2) is 18.5 Å². The van der Waals surface area contributed by atoms with Crippen LogP contribution in [0.4, 0.5) is 5.69 Å². The summed E-state index contributed by atoms with van der Waals surface area (Å²) in [6, 6.07) is 11.7. The Hall–Kier alpha value is -2.56. The first-order chi connectivity index (χ1) is 13.3. The molecular weight excluding hydrogens is 400 g/mol. The summed E-state index contributed by atoms with van der Waals surface area (Å²) in [5.41, 5.74) is 1.95. The van der Waals surface area contributed by atoms with E-state index in [1.54, 1.807) is 37.4 Å². The fourth-order valence-electron chi connectivity index (χ4n) is 2.71. The van der Waals surface area contributed by atoms with E-state index in [4.69, 9.17) is 9.88 Å². The molecule has 1 amide bonds. The van der Waals surface area contributed by atoms with Gasteiger partial charge in [0, 0.05) is 18.3 Å². The summed E-state index contributed by atoms with van der Waals surface area (Å²) >= 11 is 1.28. The number of methoxy groups -OCH3 is 1. The molecule has 0 aliphatic rings. The van der Waals surface area contributed by atoms with Gasteiger partial charge >= 0.3 is 0 Å². The number of fused-ring (bicyclic) bond motifs is 1. The number of anilines is 1. The number of aryl methyl sites for hydroxylation is 1. The van der Waals surface area contributed by atoms with Gasteiger partial charge in [-0.1, -0.05) is 17.8 Å². The second kappa shape index (κ2) is 8.21. The van der Waals surface area contributed by atoms with E-state index in [0.29, 0.717) is 28.7 Å². The van der Waals surface area contributed by atoms with E-state index >= 15 is 0 Å². The standard InChI is InChI=1S/C18H20N4O4S2/c1-3-22-16-8-7-14(28(19,24)25)10-15(16)21-18(22)27-11-17(23)20-12-5-4-6-13(9-12)26-2/h4-10H,3,11H2,1-2H3,(H,20,23)(H2,19,24,25). The highest BCUT2D eigenvalue weighted by molar-refractivity contribution is 7.99. The Bertz CT molecular complexity index is 1130. The highest BCUT2D eigenvalue weighted by Crippen LogP contribution is 2.26. The van der Waals surface area contributed by atoms with Crippen molar-refractivity contribution < 1.29 is 17.9 Å². The van der Waals surface area contributed by atoms with E-state index in [1.807, 2.05) is 11.5 Å². The Kier molecular flexibility index (Phi) is 5.92. The van der Waals surface area contributed by atoms with Gasteiger partial charge in [0.15, 0.2) is 5.16 Å². The number of imidazole rings is 1. The number of carbonyl (C=O) groups excluding carboxylic acids is 1.